The molecule has 59 heavy (non-hydrogen) atoms. The van der Waals surface area contributed by atoms with Crippen LogP contribution in [-0.2, 0) is 16.2 Å². The molecule has 0 atom stereocenters. The maximum atomic E-state index is 2.55. The molecule has 12 rings (SSSR count). The minimum atomic E-state index is -0.179. The largest absolute Gasteiger partial charge is 0.310 e. The van der Waals surface area contributed by atoms with Gasteiger partial charge in [-0.25, -0.2) is 0 Å². The highest BCUT2D eigenvalue weighted by Crippen LogP contribution is 2.58. The normalized spacial score (nSPS) is 15.8. The third-order valence-corrected chi connectivity index (χ3v) is 14.6. The fraction of sp³-hybridized carbons (Fsp3) is 0.172. The van der Waals surface area contributed by atoms with Crippen LogP contribution in [0.5, 0.6) is 0 Å². The fourth-order valence-electron chi connectivity index (χ4n) is 11.3. The van der Waals surface area contributed by atoms with E-state index in [9.17, 15) is 0 Å². The summed E-state index contributed by atoms with van der Waals surface area (Å²) >= 11 is 0. The predicted octanol–water partition coefficient (Wildman–Crippen LogP) is 15.8. The van der Waals surface area contributed by atoms with Crippen molar-refractivity contribution in [1.29, 1.82) is 0 Å². The van der Waals surface area contributed by atoms with Gasteiger partial charge in [-0.1, -0.05) is 132 Å². The van der Waals surface area contributed by atoms with E-state index >= 15 is 0 Å². The zero-order valence-corrected chi connectivity index (χ0v) is 35.0. The Labute approximate surface area is 347 Å². The summed E-state index contributed by atoms with van der Waals surface area (Å²) < 4.78 is 0. The minimum absolute atomic E-state index is 0.0822. The summed E-state index contributed by atoms with van der Waals surface area (Å²) in [6.45, 7) is 16.6. The molecular weight excluding hydrogens is 711 g/mol. The number of hydrogen-bond acceptors (Lipinski definition) is 1. The molecular formula is C58H47N. The SMILES string of the molecule is Cc1ccc(N(c2ccc3c(c2)C(C)(C)c2cc4c(cc2-3)C(C)(C)c2ccc3ccccc3c2-4)c2ccc3cc4c(cc3c2)C(C)(C)c2cc3ccccc3cc2-4)cc1. The zero-order valence-electron chi connectivity index (χ0n) is 35.0. The molecule has 0 aromatic heterocycles. The van der Waals surface area contributed by atoms with Gasteiger partial charge in [-0.05, 0) is 179 Å². The van der Waals surface area contributed by atoms with Crippen LogP contribution in [0.15, 0.2) is 158 Å². The quantitative estimate of drug-likeness (QED) is 0.173. The maximum Gasteiger partial charge on any atom is 0.0468 e. The first-order valence-electron chi connectivity index (χ1n) is 21.2. The Hall–Kier alpha value is -6.44. The number of anilines is 3. The van der Waals surface area contributed by atoms with Gasteiger partial charge >= 0.3 is 0 Å². The second-order valence-corrected chi connectivity index (χ2v) is 19.1. The molecule has 9 aromatic carbocycles. The van der Waals surface area contributed by atoms with E-state index in [1.54, 1.807) is 0 Å². The van der Waals surface area contributed by atoms with E-state index in [-0.39, 0.29) is 16.2 Å². The molecule has 0 amide bonds. The Morgan fingerprint density at radius 1 is 0.322 bits per heavy atom. The molecule has 0 fully saturated rings. The topological polar surface area (TPSA) is 3.24 Å². The van der Waals surface area contributed by atoms with E-state index in [4.69, 9.17) is 0 Å². The first-order chi connectivity index (χ1) is 28.4. The molecule has 1 heteroatoms. The van der Waals surface area contributed by atoms with Crippen molar-refractivity contribution in [3.8, 4) is 33.4 Å². The molecule has 0 radical (unpaired) electrons. The van der Waals surface area contributed by atoms with E-state index < -0.39 is 0 Å². The van der Waals surface area contributed by atoms with Gasteiger partial charge in [0.05, 0.1) is 0 Å². The molecule has 284 valence electrons. The van der Waals surface area contributed by atoms with Gasteiger partial charge in [0.1, 0.15) is 0 Å². The summed E-state index contributed by atoms with van der Waals surface area (Å²) in [7, 11) is 0. The average Bonchev–Trinajstić information content (AvgIpc) is 3.70. The summed E-state index contributed by atoms with van der Waals surface area (Å²) in [6, 6.07) is 60.4. The van der Waals surface area contributed by atoms with Gasteiger partial charge in [-0.2, -0.15) is 0 Å². The van der Waals surface area contributed by atoms with Gasteiger partial charge in [-0.15, -0.1) is 0 Å². The van der Waals surface area contributed by atoms with Gasteiger partial charge in [-0.3, -0.25) is 0 Å². The number of rotatable bonds is 3. The summed E-state index contributed by atoms with van der Waals surface area (Å²) in [4.78, 5) is 2.46. The van der Waals surface area contributed by atoms with Gasteiger partial charge in [0.2, 0.25) is 0 Å². The van der Waals surface area contributed by atoms with Crippen LogP contribution in [0.1, 0.15) is 80.5 Å². The van der Waals surface area contributed by atoms with Crippen LogP contribution in [0.3, 0.4) is 0 Å². The highest BCUT2D eigenvalue weighted by atomic mass is 15.1. The summed E-state index contributed by atoms with van der Waals surface area (Å²) in [6.07, 6.45) is 0. The summed E-state index contributed by atoms with van der Waals surface area (Å²) in [5.74, 6) is 0. The number of hydrogen-bond donors (Lipinski definition) is 0. The Kier molecular flexibility index (Phi) is 6.80. The highest BCUT2D eigenvalue weighted by molar-refractivity contribution is 6.04. The van der Waals surface area contributed by atoms with Gasteiger partial charge < -0.3 is 4.90 Å². The molecule has 9 aromatic rings. The second kappa shape index (κ2) is 11.6. The van der Waals surface area contributed by atoms with Crippen molar-refractivity contribution in [1.82, 2.24) is 0 Å². The molecule has 0 aliphatic heterocycles. The fourth-order valence-corrected chi connectivity index (χ4v) is 11.3. The van der Waals surface area contributed by atoms with Crippen LogP contribution in [0.4, 0.5) is 17.1 Å². The molecule has 0 bridgehead atoms. The van der Waals surface area contributed by atoms with Crippen LogP contribution in [-0.4, -0.2) is 0 Å². The smallest absolute Gasteiger partial charge is 0.0468 e. The van der Waals surface area contributed by atoms with Crippen molar-refractivity contribution in [3.05, 3.63) is 197 Å². The van der Waals surface area contributed by atoms with Crippen molar-refractivity contribution in [2.75, 3.05) is 4.90 Å². The van der Waals surface area contributed by atoms with Crippen molar-refractivity contribution in [2.24, 2.45) is 0 Å². The lowest BCUT2D eigenvalue weighted by molar-refractivity contribution is 0.652. The molecule has 0 saturated heterocycles. The Bertz CT molecular complexity index is 3300. The van der Waals surface area contributed by atoms with E-state index in [0.717, 1.165) is 11.4 Å². The number of benzene rings is 9. The Morgan fingerprint density at radius 3 is 1.53 bits per heavy atom. The third-order valence-electron chi connectivity index (χ3n) is 14.6. The first-order valence-corrected chi connectivity index (χ1v) is 21.2. The zero-order chi connectivity index (χ0) is 40.2. The van der Waals surface area contributed by atoms with E-state index in [1.165, 1.54) is 110 Å². The summed E-state index contributed by atoms with van der Waals surface area (Å²) in [5, 5.41) is 7.79. The number of nitrogens with zero attached hydrogens (tertiary/aromatic N) is 1. The van der Waals surface area contributed by atoms with Crippen LogP contribution < -0.4 is 4.90 Å². The third kappa shape index (κ3) is 4.68. The summed E-state index contributed by atoms with van der Waals surface area (Å²) in [5.41, 5.74) is 21.1. The van der Waals surface area contributed by atoms with Crippen LogP contribution in [0, 0.1) is 6.92 Å². The predicted molar refractivity (Wildman–Crippen MR) is 251 cm³/mol. The lowest BCUT2D eigenvalue weighted by Gasteiger charge is -2.28. The van der Waals surface area contributed by atoms with Crippen molar-refractivity contribution in [2.45, 2.75) is 64.7 Å². The maximum absolute atomic E-state index is 2.55. The molecule has 1 nitrogen and oxygen atoms in total. The number of aryl methyl sites for hydroxylation is 1. The molecule has 3 aliphatic carbocycles. The van der Waals surface area contributed by atoms with Crippen LogP contribution >= 0.6 is 0 Å². The molecule has 0 heterocycles. The van der Waals surface area contributed by atoms with E-state index in [2.05, 4.69) is 211 Å². The van der Waals surface area contributed by atoms with Crippen molar-refractivity contribution in [3.63, 3.8) is 0 Å². The molecule has 0 unspecified atom stereocenters. The van der Waals surface area contributed by atoms with Gasteiger partial charge in [0.15, 0.2) is 0 Å². The highest BCUT2D eigenvalue weighted by Gasteiger charge is 2.43. The Balaban J connectivity index is 0.997. The standard InChI is InChI=1S/C58H47N/c1-34-16-20-40(21-17-34)59(41-22-18-38-28-46-45-27-36-13-8-9-14-37(36)29-50(45)57(4,5)51(46)30-39(38)26-41)42-23-24-44-47-32-54-48(33-53(47)58(6,7)52(44)31-42)55-43-15-11-10-12-35(43)19-25-49(55)56(54,2)3/h8-33H,1-7H3. The molecule has 0 N–H and O–H groups in total. The lowest BCUT2D eigenvalue weighted by atomic mass is 9.79. The van der Waals surface area contributed by atoms with Gasteiger partial charge in [0, 0.05) is 33.3 Å². The molecule has 3 aliphatic rings. The number of fused-ring (bicyclic) bond motifs is 13. The van der Waals surface area contributed by atoms with Crippen LogP contribution in [0.2, 0.25) is 0 Å². The Morgan fingerprint density at radius 2 is 0.797 bits per heavy atom. The molecule has 0 spiro atoms. The average molecular weight is 758 g/mol. The van der Waals surface area contributed by atoms with Crippen molar-refractivity contribution < 1.29 is 0 Å². The first kappa shape index (κ1) is 34.6. The monoisotopic (exact) mass is 757 g/mol. The van der Waals surface area contributed by atoms with Crippen LogP contribution in [0.25, 0.3) is 65.7 Å². The van der Waals surface area contributed by atoms with E-state index in [1.807, 2.05) is 0 Å². The van der Waals surface area contributed by atoms with Crippen molar-refractivity contribution >= 4 is 49.4 Å². The lowest BCUT2D eigenvalue weighted by Crippen LogP contribution is -2.17. The van der Waals surface area contributed by atoms with E-state index in [0.29, 0.717) is 0 Å². The minimum Gasteiger partial charge on any atom is -0.310 e. The van der Waals surface area contributed by atoms with Gasteiger partial charge in [0.25, 0.3) is 0 Å². The molecule has 0 saturated carbocycles. The second-order valence-electron chi connectivity index (χ2n) is 19.1.